The van der Waals surface area contributed by atoms with Crippen molar-refractivity contribution in [2.45, 2.75) is 25.2 Å². The summed E-state index contributed by atoms with van der Waals surface area (Å²) in [6.45, 7) is 8.10. The molecule has 1 aromatic carbocycles. The number of hydrogen-bond acceptors (Lipinski definition) is 7. The molecule has 1 saturated heterocycles. The molecule has 0 N–H and O–H groups in total. The molecule has 0 spiro atoms. The fraction of sp³-hybridized carbons (Fsp3) is 0.429. The van der Waals surface area contributed by atoms with Crippen LogP contribution in [-0.2, 0) is 22.7 Å². The molecule has 3 rings (SSSR count). The molecule has 1 aliphatic rings. The minimum atomic E-state index is -0.453. The Balaban J connectivity index is 1.54. The van der Waals surface area contributed by atoms with Crippen molar-refractivity contribution in [1.29, 1.82) is 0 Å². The summed E-state index contributed by atoms with van der Waals surface area (Å²) in [6.07, 6.45) is 1.34. The predicted molar refractivity (Wildman–Crippen MR) is 117 cm³/mol. The molecule has 0 radical (unpaired) electrons. The maximum absolute atomic E-state index is 13.8. The summed E-state index contributed by atoms with van der Waals surface area (Å²) < 4.78 is 26.1. The van der Waals surface area contributed by atoms with Crippen LogP contribution in [0.3, 0.4) is 0 Å². The number of allylic oxidation sites excluding steroid dienone is 1. The third kappa shape index (κ3) is 6.00. The summed E-state index contributed by atoms with van der Waals surface area (Å²) in [5, 5.41) is 8.84. The first kappa shape index (κ1) is 23.6. The maximum atomic E-state index is 13.8. The lowest BCUT2D eigenvalue weighted by Gasteiger charge is -2.34. The molecule has 1 aliphatic heterocycles. The third-order valence-corrected chi connectivity index (χ3v) is 5.73. The number of halogens is 1. The molecule has 172 valence electrons. The Bertz CT molecular complexity index is 946. The number of carbonyl (C=O) groups is 2. The second-order valence-electron chi connectivity index (χ2n) is 6.87. The van der Waals surface area contributed by atoms with Gasteiger partial charge in [0.2, 0.25) is 5.91 Å². The Kier molecular flexibility index (Phi) is 8.48. The molecule has 0 aliphatic carbocycles. The van der Waals surface area contributed by atoms with Gasteiger partial charge >= 0.3 is 6.09 Å². The fourth-order valence-electron chi connectivity index (χ4n) is 3.12. The number of amides is 2. The van der Waals surface area contributed by atoms with E-state index in [0.717, 1.165) is 0 Å². The van der Waals surface area contributed by atoms with Crippen LogP contribution in [0.4, 0.5) is 9.18 Å². The molecule has 0 bridgehead atoms. The molecular weight excluding hydrogens is 437 g/mol. The Labute approximate surface area is 190 Å². The van der Waals surface area contributed by atoms with Crippen molar-refractivity contribution in [3.05, 3.63) is 48.6 Å². The van der Waals surface area contributed by atoms with E-state index in [1.807, 2.05) is 0 Å². The van der Waals surface area contributed by atoms with E-state index in [1.165, 1.54) is 17.8 Å². The highest BCUT2D eigenvalue weighted by Crippen LogP contribution is 2.21. The number of ether oxygens (including phenoxy) is 2. The Morgan fingerprint density at radius 2 is 1.91 bits per heavy atom. The molecule has 2 aromatic rings. The Hall–Kier alpha value is -3.08. The number of benzene rings is 1. The van der Waals surface area contributed by atoms with Gasteiger partial charge in [0.05, 0.1) is 12.4 Å². The zero-order valence-electron chi connectivity index (χ0n) is 17.9. The van der Waals surface area contributed by atoms with Gasteiger partial charge in [0.25, 0.3) is 0 Å². The molecule has 32 heavy (non-hydrogen) atoms. The average Bonchev–Trinajstić information content (AvgIpc) is 3.19. The van der Waals surface area contributed by atoms with E-state index in [2.05, 4.69) is 16.8 Å². The number of nitrogens with zero attached hydrogens (tertiary/aromatic N) is 5. The summed E-state index contributed by atoms with van der Waals surface area (Å²) >= 11 is 1.27. The summed E-state index contributed by atoms with van der Waals surface area (Å²) in [5.74, 6) is 0.322. The number of piperazine rings is 1. The SMILES string of the molecule is C=CCn1c(COc2ccccc2F)nnc1SCC(=O)N1CCN(C(=O)OCC)CC1. The molecule has 1 fully saturated rings. The molecule has 1 aromatic heterocycles. The lowest BCUT2D eigenvalue weighted by atomic mass is 10.3. The second kappa shape index (κ2) is 11.5. The van der Waals surface area contributed by atoms with Crippen LogP contribution in [0, 0.1) is 5.82 Å². The number of rotatable bonds is 9. The Morgan fingerprint density at radius 1 is 1.19 bits per heavy atom. The quantitative estimate of drug-likeness (QED) is 0.417. The van der Waals surface area contributed by atoms with Crippen LogP contribution >= 0.6 is 11.8 Å². The first-order valence-corrected chi connectivity index (χ1v) is 11.2. The van der Waals surface area contributed by atoms with Crippen LogP contribution in [0.15, 0.2) is 42.1 Å². The molecule has 0 saturated carbocycles. The van der Waals surface area contributed by atoms with Crippen molar-refractivity contribution < 1.29 is 23.5 Å². The summed E-state index contributed by atoms with van der Waals surface area (Å²) in [4.78, 5) is 27.7. The first-order valence-electron chi connectivity index (χ1n) is 10.3. The van der Waals surface area contributed by atoms with E-state index in [0.29, 0.717) is 50.3 Å². The van der Waals surface area contributed by atoms with E-state index in [-0.39, 0.29) is 30.1 Å². The molecule has 0 atom stereocenters. The zero-order chi connectivity index (χ0) is 22.9. The van der Waals surface area contributed by atoms with Gasteiger partial charge in [-0.2, -0.15) is 0 Å². The predicted octanol–water partition coefficient (Wildman–Crippen LogP) is 2.58. The van der Waals surface area contributed by atoms with Crippen molar-refractivity contribution in [3.8, 4) is 5.75 Å². The lowest BCUT2D eigenvalue weighted by Crippen LogP contribution is -2.51. The van der Waals surface area contributed by atoms with Crippen molar-refractivity contribution in [2.75, 3.05) is 38.5 Å². The number of thioether (sulfide) groups is 1. The topological polar surface area (TPSA) is 89.8 Å². The van der Waals surface area contributed by atoms with Crippen molar-refractivity contribution in [3.63, 3.8) is 0 Å². The minimum absolute atomic E-state index is 0.0338. The summed E-state index contributed by atoms with van der Waals surface area (Å²) in [6, 6.07) is 6.14. The standard InChI is InChI=1S/C21H26FN5O4S/c1-3-9-27-18(14-31-17-8-6-5-7-16(17)22)23-24-20(27)32-15-19(28)25-10-12-26(13-11-25)21(29)30-4-2/h3,5-8H,1,4,9-15H2,2H3. The smallest absolute Gasteiger partial charge is 0.409 e. The van der Waals surface area contributed by atoms with Gasteiger partial charge in [-0.15, -0.1) is 16.8 Å². The van der Waals surface area contributed by atoms with Gasteiger partial charge in [-0.3, -0.25) is 9.36 Å². The maximum Gasteiger partial charge on any atom is 0.409 e. The van der Waals surface area contributed by atoms with Crippen molar-refractivity contribution >= 4 is 23.8 Å². The lowest BCUT2D eigenvalue weighted by molar-refractivity contribution is -0.129. The van der Waals surface area contributed by atoms with Gasteiger partial charge in [0.15, 0.2) is 22.5 Å². The highest BCUT2D eigenvalue weighted by Gasteiger charge is 2.25. The zero-order valence-corrected chi connectivity index (χ0v) is 18.7. The fourth-order valence-corrected chi connectivity index (χ4v) is 3.99. The van der Waals surface area contributed by atoms with Crippen molar-refractivity contribution in [2.24, 2.45) is 0 Å². The molecule has 2 amide bonds. The molecule has 2 heterocycles. The van der Waals surface area contributed by atoms with Gasteiger partial charge in [0.1, 0.15) is 6.61 Å². The largest absolute Gasteiger partial charge is 0.483 e. The van der Waals surface area contributed by atoms with Crippen LogP contribution in [0.2, 0.25) is 0 Å². The van der Waals surface area contributed by atoms with E-state index in [4.69, 9.17) is 9.47 Å². The monoisotopic (exact) mass is 463 g/mol. The Morgan fingerprint density at radius 3 is 2.59 bits per heavy atom. The average molecular weight is 464 g/mol. The van der Waals surface area contributed by atoms with E-state index >= 15 is 0 Å². The molecular formula is C21H26FN5O4S. The van der Waals surface area contributed by atoms with Gasteiger partial charge in [0, 0.05) is 32.7 Å². The highest BCUT2D eigenvalue weighted by atomic mass is 32.2. The van der Waals surface area contributed by atoms with E-state index in [1.54, 1.807) is 45.6 Å². The van der Waals surface area contributed by atoms with Crippen LogP contribution in [0.1, 0.15) is 12.7 Å². The molecule has 0 unspecified atom stereocenters. The third-order valence-electron chi connectivity index (χ3n) is 4.78. The minimum Gasteiger partial charge on any atom is -0.483 e. The van der Waals surface area contributed by atoms with E-state index in [9.17, 15) is 14.0 Å². The normalized spacial score (nSPS) is 13.7. The van der Waals surface area contributed by atoms with Crippen LogP contribution in [0.25, 0.3) is 0 Å². The second-order valence-corrected chi connectivity index (χ2v) is 7.82. The first-order chi connectivity index (χ1) is 15.5. The van der Waals surface area contributed by atoms with Crippen LogP contribution in [0.5, 0.6) is 5.75 Å². The van der Waals surface area contributed by atoms with Crippen LogP contribution < -0.4 is 4.74 Å². The van der Waals surface area contributed by atoms with Gasteiger partial charge in [-0.25, -0.2) is 9.18 Å². The summed E-state index contributed by atoms with van der Waals surface area (Å²) in [5.41, 5.74) is 0. The summed E-state index contributed by atoms with van der Waals surface area (Å²) in [7, 11) is 0. The number of aromatic nitrogens is 3. The van der Waals surface area contributed by atoms with Crippen LogP contribution in [-0.4, -0.2) is 75.1 Å². The van der Waals surface area contributed by atoms with Crippen molar-refractivity contribution in [1.82, 2.24) is 24.6 Å². The molecule has 9 nitrogen and oxygen atoms in total. The number of para-hydroxylation sites is 1. The number of carbonyl (C=O) groups excluding carboxylic acids is 2. The van der Waals surface area contributed by atoms with Gasteiger partial charge in [-0.1, -0.05) is 30.0 Å². The highest BCUT2D eigenvalue weighted by molar-refractivity contribution is 7.99. The van der Waals surface area contributed by atoms with Gasteiger partial charge < -0.3 is 19.3 Å². The molecule has 11 heteroatoms. The van der Waals surface area contributed by atoms with E-state index < -0.39 is 5.82 Å². The van der Waals surface area contributed by atoms with Gasteiger partial charge in [-0.05, 0) is 19.1 Å². The number of hydrogen-bond donors (Lipinski definition) is 0.